The summed E-state index contributed by atoms with van der Waals surface area (Å²) in [6, 6.07) is 12.8. The van der Waals surface area contributed by atoms with Gasteiger partial charge in [-0.05, 0) is 44.5 Å². The van der Waals surface area contributed by atoms with Crippen LogP contribution in [-0.2, 0) is 7.05 Å². The average molecular weight is 366 g/mol. The van der Waals surface area contributed by atoms with Gasteiger partial charge < -0.3 is 19.7 Å². The molecule has 0 unspecified atom stereocenters. The number of aliphatic hydroxyl groups excluding tert-OH is 1. The zero-order valence-corrected chi connectivity index (χ0v) is 16.2. The average Bonchev–Trinajstić information content (AvgIpc) is 2.89. The van der Waals surface area contributed by atoms with Gasteiger partial charge in [0.25, 0.3) is 5.91 Å². The molecule has 1 atom stereocenters. The fraction of sp³-hybridized carbons (Fsp3) is 0.318. The quantitative estimate of drug-likeness (QED) is 0.724. The van der Waals surface area contributed by atoms with E-state index in [0.29, 0.717) is 11.3 Å². The van der Waals surface area contributed by atoms with Gasteiger partial charge in [0, 0.05) is 30.1 Å². The first-order valence-corrected chi connectivity index (χ1v) is 9.12. The molecule has 1 amide bonds. The molecule has 0 saturated carbocycles. The Bertz CT molecular complexity index is 991. The number of phenolic OH excluding ortho intramolecular Hbond substituents is 1. The number of para-hydroxylation sites is 1. The number of rotatable bonds is 5. The monoisotopic (exact) mass is 366 g/mol. The lowest BCUT2D eigenvalue weighted by Gasteiger charge is -2.30. The van der Waals surface area contributed by atoms with E-state index in [4.69, 9.17) is 0 Å². The molecule has 5 heteroatoms. The Morgan fingerprint density at radius 2 is 1.89 bits per heavy atom. The largest absolute Gasteiger partial charge is 0.508 e. The summed E-state index contributed by atoms with van der Waals surface area (Å²) in [4.78, 5) is 15.1. The molecule has 1 aromatic heterocycles. The molecule has 0 aliphatic rings. The minimum atomic E-state index is -0.370. The molecule has 2 N–H and O–H groups in total. The predicted molar refractivity (Wildman–Crippen MR) is 107 cm³/mol. The molecule has 3 aromatic rings. The van der Waals surface area contributed by atoms with E-state index in [-0.39, 0.29) is 30.9 Å². The van der Waals surface area contributed by atoms with Crippen molar-refractivity contribution in [2.75, 3.05) is 13.2 Å². The van der Waals surface area contributed by atoms with Crippen molar-refractivity contribution >= 4 is 16.8 Å². The molecule has 142 valence electrons. The summed E-state index contributed by atoms with van der Waals surface area (Å²) in [5, 5.41) is 20.8. The number of phenols is 1. The molecule has 0 spiro atoms. The fourth-order valence-electron chi connectivity index (χ4n) is 3.77. The van der Waals surface area contributed by atoms with Crippen molar-refractivity contribution in [3.63, 3.8) is 0 Å². The molecule has 1 heterocycles. The van der Waals surface area contributed by atoms with E-state index >= 15 is 0 Å². The van der Waals surface area contributed by atoms with Crippen molar-refractivity contribution in [3.05, 3.63) is 64.8 Å². The van der Waals surface area contributed by atoms with Gasteiger partial charge in [-0.3, -0.25) is 4.79 Å². The van der Waals surface area contributed by atoms with Gasteiger partial charge in [-0.25, -0.2) is 0 Å². The smallest absolute Gasteiger partial charge is 0.271 e. The van der Waals surface area contributed by atoms with E-state index < -0.39 is 0 Å². The Balaban J connectivity index is 2.08. The normalized spacial score (nSPS) is 12.3. The third kappa shape index (κ3) is 3.30. The number of carbonyl (C=O) groups excluding carboxylic acids is 1. The van der Waals surface area contributed by atoms with Crippen molar-refractivity contribution in [1.82, 2.24) is 9.47 Å². The van der Waals surface area contributed by atoms with Crippen LogP contribution in [0.15, 0.2) is 42.5 Å². The van der Waals surface area contributed by atoms with Crippen molar-refractivity contribution < 1.29 is 15.0 Å². The lowest BCUT2D eigenvalue weighted by atomic mass is 10.0. The standard InChI is InChI=1S/C22H26N2O3/c1-14-9-10-19-18(13-14)15(2)21(23(19)4)22(27)24(11-12-25)16(3)17-7-5-6-8-20(17)26/h5-10,13,16,25-26H,11-12H2,1-4H3/t16-/m0/s1. The minimum Gasteiger partial charge on any atom is -0.508 e. The van der Waals surface area contributed by atoms with Gasteiger partial charge in [0.1, 0.15) is 11.4 Å². The Labute approximate surface area is 159 Å². The second-order valence-corrected chi connectivity index (χ2v) is 7.01. The number of aliphatic hydroxyl groups is 1. The van der Waals surface area contributed by atoms with E-state index in [2.05, 4.69) is 6.07 Å². The highest BCUT2D eigenvalue weighted by molar-refractivity contribution is 6.02. The molecule has 3 rings (SSSR count). The van der Waals surface area contributed by atoms with Crippen LogP contribution in [0.5, 0.6) is 5.75 Å². The Hall–Kier alpha value is -2.79. The molecule has 2 aromatic carbocycles. The number of benzene rings is 2. The van der Waals surface area contributed by atoms with Gasteiger partial charge in [0.15, 0.2) is 0 Å². The lowest BCUT2D eigenvalue weighted by molar-refractivity contribution is 0.0636. The summed E-state index contributed by atoms with van der Waals surface area (Å²) in [6.45, 7) is 5.90. The van der Waals surface area contributed by atoms with Crippen LogP contribution in [0.4, 0.5) is 0 Å². The lowest BCUT2D eigenvalue weighted by Crippen LogP contribution is -2.37. The van der Waals surface area contributed by atoms with Crippen molar-refractivity contribution in [1.29, 1.82) is 0 Å². The van der Waals surface area contributed by atoms with Crippen LogP contribution >= 0.6 is 0 Å². The fourth-order valence-corrected chi connectivity index (χ4v) is 3.77. The highest BCUT2D eigenvalue weighted by Crippen LogP contribution is 2.32. The first-order chi connectivity index (χ1) is 12.9. The van der Waals surface area contributed by atoms with Crippen LogP contribution in [-0.4, -0.2) is 38.7 Å². The van der Waals surface area contributed by atoms with Crippen LogP contribution in [0.2, 0.25) is 0 Å². The highest BCUT2D eigenvalue weighted by atomic mass is 16.3. The van der Waals surface area contributed by atoms with E-state index in [1.54, 1.807) is 23.1 Å². The maximum absolute atomic E-state index is 13.5. The molecule has 27 heavy (non-hydrogen) atoms. The van der Waals surface area contributed by atoms with Crippen molar-refractivity contribution in [2.45, 2.75) is 26.8 Å². The number of hydrogen-bond donors (Lipinski definition) is 2. The first kappa shape index (κ1) is 19.0. The van der Waals surface area contributed by atoms with E-state index in [1.807, 2.05) is 50.6 Å². The molecule has 0 fully saturated rings. The SMILES string of the molecule is Cc1ccc2c(c1)c(C)c(C(=O)N(CCO)[C@@H](C)c1ccccc1O)n2C. The van der Waals surface area contributed by atoms with E-state index in [0.717, 1.165) is 22.0 Å². The number of hydrogen-bond acceptors (Lipinski definition) is 3. The molecule has 0 aliphatic carbocycles. The van der Waals surface area contributed by atoms with Gasteiger partial charge in [0.2, 0.25) is 0 Å². The van der Waals surface area contributed by atoms with Crippen molar-refractivity contribution in [3.8, 4) is 5.75 Å². The number of aryl methyl sites for hydroxylation is 3. The van der Waals surface area contributed by atoms with Crippen LogP contribution in [0.25, 0.3) is 10.9 Å². The zero-order chi connectivity index (χ0) is 19.7. The number of fused-ring (bicyclic) bond motifs is 1. The number of amides is 1. The predicted octanol–water partition coefficient (Wildman–Crippen LogP) is 3.70. The zero-order valence-electron chi connectivity index (χ0n) is 16.2. The van der Waals surface area contributed by atoms with E-state index in [1.165, 1.54) is 0 Å². The molecule has 0 bridgehead atoms. The van der Waals surface area contributed by atoms with Crippen LogP contribution in [0.3, 0.4) is 0 Å². The number of carbonyl (C=O) groups is 1. The number of nitrogens with zero attached hydrogens (tertiary/aromatic N) is 2. The third-order valence-corrected chi connectivity index (χ3v) is 5.27. The van der Waals surface area contributed by atoms with Gasteiger partial charge >= 0.3 is 0 Å². The van der Waals surface area contributed by atoms with Gasteiger partial charge in [-0.15, -0.1) is 0 Å². The summed E-state index contributed by atoms with van der Waals surface area (Å²) in [5.41, 5.74) is 4.33. The topological polar surface area (TPSA) is 65.7 Å². The van der Waals surface area contributed by atoms with Crippen molar-refractivity contribution in [2.24, 2.45) is 7.05 Å². The molecular weight excluding hydrogens is 340 g/mol. The third-order valence-electron chi connectivity index (χ3n) is 5.27. The maximum Gasteiger partial charge on any atom is 0.271 e. The minimum absolute atomic E-state index is 0.144. The van der Waals surface area contributed by atoms with Crippen LogP contribution in [0, 0.1) is 13.8 Å². The molecular formula is C22H26N2O3. The van der Waals surface area contributed by atoms with Crippen LogP contribution in [0.1, 0.15) is 40.1 Å². The summed E-state index contributed by atoms with van der Waals surface area (Å²) in [7, 11) is 1.89. The molecule has 0 saturated heterocycles. The summed E-state index contributed by atoms with van der Waals surface area (Å²) in [6.07, 6.45) is 0. The Morgan fingerprint density at radius 3 is 2.56 bits per heavy atom. The summed E-state index contributed by atoms with van der Waals surface area (Å²) in [5.74, 6) is -0.0150. The van der Waals surface area contributed by atoms with Crippen LogP contribution < -0.4 is 0 Å². The van der Waals surface area contributed by atoms with Gasteiger partial charge in [-0.1, -0.05) is 29.8 Å². The second kappa shape index (κ2) is 7.45. The Morgan fingerprint density at radius 1 is 1.19 bits per heavy atom. The summed E-state index contributed by atoms with van der Waals surface area (Å²) < 4.78 is 1.91. The molecule has 0 aliphatic heterocycles. The molecule has 5 nitrogen and oxygen atoms in total. The first-order valence-electron chi connectivity index (χ1n) is 9.12. The number of aromatic hydroxyl groups is 1. The maximum atomic E-state index is 13.5. The summed E-state index contributed by atoms with van der Waals surface area (Å²) >= 11 is 0. The number of aromatic nitrogens is 1. The Kier molecular flexibility index (Phi) is 5.24. The highest BCUT2D eigenvalue weighted by Gasteiger charge is 2.28. The molecule has 0 radical (unpaired) electrons. The van der Waals surface area contributed by atoms with Gasteiger partial charge in [-0.2, -0.15) is 0 Å². The van der Waals surface area contributed by atoms with Gasteiger partial charge in [0.05, 0.1) is 12.6 Å². The van der Waals surface area contributed by atoms with E-state index in [9.17, 15) is 15.0 Å². The second-order valence-electron chi connectivity index (χ2n) is 7.01.